The van der Waals surface area contributed by atoms with Crippen molar-refractivity contribution in [3.05, 3.63) is 34.3 Å². The highest BCUT2D eigenvalue weighted by Gasteiger charge is 2.11. The van der Waals surface area contributed by atoms with E-state index in [9.17, 15) is 0 Å². The van der Waals surface area contributed by atoms with Crippen molar-refractivity contribution in [2.75, 3.05) is 5.73 Å². The van der Waals surface area contributed by atoms with Gasteiger partial charge in [0.1, 0.15) is 5.82 Å². The van der Waals surface area contributed by atoms with Crippen LogP contribution in [0.25, 0.3) is 11.3 Å². The third-order valence-corrected chi connectivity index (χ3v) is 2.75. The fourth-order valence-corrected chi connectivity index (χ4v) is 1.83. The number of hydrogen-bond acceptors (Lipinski definition) is 2. The van der Waals surface area contributed by atoms with E-state index in [0.717, 1.165) is 22.4 Å². The zero-order chi connectivity index (χ0) is 11.0. The number of nitrogen functional groups attached to an aromatic ring is 1. The van der Waals surface area contributed by atoms with E-state index in [4.69, 9.17) is 17.3 Å². The number of nitrogens with two attached hydrogens (primary N) is 1. The molecule has 1 aromatic heterocycles. The Bertz CT molecular complexity index is 503. The second-order valence-electron chi connectivity index (χ2n) is 3.59. The van der Waals surface area contributed by atoms with Crippen molar-refractivity contribution in [1.29, 1.82) is 0 Å². The molecule has 0 atom stereocenters. The minimum atomic E-state index is 0.515. The van der Waals surface area contributed by atoms with E-state index in [2.05, 4.69) is 10.2 Å². The van der Waals surface area contributed by atoms with Crippen molar-refractivity contribution in [3.63, 3.8) is 0 Å². The molecule has 0 spiro atoms. The number of rotatable bonds is 1. The highest BCUT2D eigenvalue weighted by Crippen LogP contribution is 2.30. The molecule has 0 saturated carbocycles. The van der Waals surface area contributed by atoms with E-state index < -0.39 is 0 Å². The summed E-state index contributed by atoms with van der Waals surface area (Å²) in [6.45, 7) is 3.92. The zero-order valence-corrected chi connectivity index (χ0v) is 9.39. The maximum absolute atomic E-state index is 6.16. The molecule has 0 aliphatic heterocycles. The molecule has 0 aliphatic rings. The van der Waals surface area contributed by atoms with Crippen LogP contribution in [-0.4, -0.2) is 10.2 Å². The van der Waals surface area contributed by atoms with Gasteiger partial charge in [-0.25, -0.2) is 0 Å². The number of benzene rings is 1. The molecular weight excluding hydrogens is 210 g/mol. The van der Waals surface area contributed by atoms with E-state index in [-0.39, 0.29) is 0 Å². The summed E-state index contributed by atoms with van der Waals surface area (Å²) in [5.74, 6) is 0.515. The molecular formula is C11H12ClN3. The minimum absolute atomic E-state index is 0.515. The van der Waals surface area contributed by atoms with Crippen molar-refractivity contribution in [2.45, 2.75) is 13.8 Å². The fraction of sp³-hybridized carbons (Fsp3) is 0.182. The minimum Gasteiger partial charge on any atom is -0.382 e. The monoisotopic (exact) mass is 221 g/mol. The Morgan fingerprint density at radius 2 is 2.07 bits per heavy atom. The van der Waals surface area contributed by atoms with Gasteiger partial charge < -0.3 is 5.73 Å². The molecule has 0 saturated heterocycles. The van der Waals surface area contributed by atoms with Gasteiger partial charge in [-0.3, -0.25) is 5.10 Å². The summed E-state index contributed by atoms with van der Waals surface area (Å²) >= 11 is 6.16. The second kappa shape index (κ2) is 3.59. The smallest absolute Gasteiger partial charge is 0.148 e. The van der Waals surface area contributed by atoms with Gasteiger partial charge in [-0.2, -0.15) is 5.10 Å². The van der Waals surface area contributed by atoms with Gasteiger partial charge in [0, 0.05) is 11.1 Å². The molecule has 0 bridgehead atoms. The van der Waals surface area contributed by atoms with Crippen LogP contribution in [0.3, 0.4) is 0 Å². The average Bonchev–Trinajstić information content (AvgIpc) is 2.49. The lowest BCUT2D eigenvalue weighted by atomic mass is 10.1. The van der Waals surface area contributed by atoms with E-state index >= 15 is 0 Å². The lowest BCUT2D eigenvalue weighted by molar-refractivity contribution is 1.10. The van der Waals surface area contributed by atoms with Gasteiger partial charge in [0.25, 0.3) is 0 Å². The normalized spacial score (nSPS) is 10.6. The highest BCUT2D eigenvalue weighted by atomic mass is 35.5. The van der Waals surface area contributed by atoms with E-state index in [1.54, 1.807) is 0 Å². The Kier molecular flexibility index (Phi) is 2.40. The molecule has 0 unspecified atom stereocenters. The number of aromatic amines is 1. The number of halogens is 1. The first-order valence-corrected chi connectivity index (χ1v) is 5.04. The number of nitrogens with zero attached hydrogens (tertiary/aromatic N) is 1. The van der Waals surface area contributed by atoms with E-state index in [1.165, 1.54) is 0 Å². The fourth-order valence-electron chi connectivity index (χ4n) is 1.50. The van der Waals surface area contributed by atoms with E-state index in [1.807, 2.05) is 32.0 Å². The summed E-state index contributed by atoms with van der Waals surface area (Å²) < 4.78 is 0. The molecule has 2 aromatic rings. The number of aromatic nitrogens is 2. The van der Waals surface area contributed by atoms with Gasteiger partial charge in [-0.05, 0) is 25.5 Å². The molecule has 4 heteroatoms. The van der Waals surface area contributed by atoms with Crippen LogP contribution in [0.4, 0.5) is 5.82 Å². The van der Waals surface area contributed by atoms with Crippen molar-refractivity contribution in [3.8, 4) is 11.3 Å². The van der Waals surface area contributed by atoms with Crippen molar-refractivity contribution in [2.24, 2.45) is 0 Å². The van der Waals surface area contributed by atoms with E-state index in [0.29, 0.717) is 10.8 Å². The van der Waals surface area contributed by atoms with Gasteiger partial charge in [0.05, 0.1) is 10.7 Å². The number of aryl methyl sites for hydroxylation is 1. The first kappa shape index (κ1) is 10.1. The van der Waals surface area contributed by atoms with Crippen LogP contribution < -0.4 is 5.73 Å². The summed E-state index contributed by atoms with van der Waals surface area (Å²) in [5.41, 5.74) is 9.56. The van der Waals surface area contributed by atoms with Gasteiger partial charge >= 0.3 is 0 Å². The second-order valence-corrected chi connectivity index (χ2v) is 4.00. The average molecular weight is 222 g/mol. The molecule has 3 N–H and O–H groups in total. The lowest BCUT2D eigenvalue weighted by Gasteiger charge is -2.03. The summed E-state index contributed by atoms with van der Waals surface area (Å²) in [6.07, 6.45) is 0. The van der Waals surface area contributed by atoms with Gasteiger partial charge in [0.2, 0.25) is 0 Å². The van der Waals surface area contributed by atoms with Crippen LogP contribution in [0.5, 0.6) is 0 Å². The Balaban J connectivity index is 2.59. The van der Waals surface area contributed by atoms with Crippen LogP contribution in [-0.2, 0) is 0 Å². The Morgan fingerprint density at radius 3 is 2.60 bits per heavy atom. The van der Waals surface area contributed by atoms with Gasteiger partial charge in [0.15, 0.2) is 0 Å². The summed E-state index contributed by atoms with van der Waals surface area (Å²) in [6, 6.07) is 5.91. The van der Waals surface area contributed by atoms with Crippen molar-refractivity contribution < 1.29 is 0 Å². The quantitative estimate of drug-likeness (QED) is 0.778. The van der Waals surface area contributed by atoms with Crippen molar-refractivity contribution >= 4 is 17.4 Å². The number of nitrogens with one attached hydrogen (secondary N) is 1. The SMILES string of the molecule is Cc1ccc(-c2[nH]nc(N)c2C)c(Cl)c1. The third kappa shape index (κ3) is 1.70. The predicted molar refractivity (Wildman–Crippen MR) is 62.9 cm³/mol. The van der Waals surface area contributed by atoms with Crippen LogP contribution in [0.15, 0.2) is 18.2 Å². The lowest BCUT2D eigenvalue weighted by Crippen LogP contribution is -1.87. The standard InChI is InChI=1S/C11H12ClN3/c1-6-3-4-8(9(12)5-6)10-7(2)11(13)15-14-10/h3-5H,1-2H3,(H3,13,14,15). The molecule has 3 nitrogen and oxygen atoms in total. The summed E-state index contributed by atoms with van der Waals surface area (Å²) in [7, 11) is 0. The molecule has 2 rings (SSSR count). The maximum Gasteiger partial charge on any atom is 0.148 e. The zero-order valence-electron chi connectivity index (χ0n) is 8.63. The molecule has 1 aromatic carbocycles. The van der Waals surface area contributed by atoms with Crippen LogP contribution in [0.2, 0.25) is 5.02 Å². The highest BCUT2D eigenvalue weighted by molar-refractivity contribution is 6.33. The number of anilines is 1. The molecule has 78 valence electrons. The van der Waals surface area contributed by atoms with Crippen LogP contribution >= 0.6 is 11.6 Å². The molecule has 0 aliphatic carbocycles. The van der Waals surface area contributed by atoms with Gasteiger partial charge in [-0.1, -0.05) is 23.7 Å². The van der Waals surface area contributed by atoms with Crippen LogP contribution in [0, 0.1) is 13.8 Å². The Labute approximate surface area is 93.3 Å². The summed E-state index contributed by atoms with van der Waals surface area (Å²) in [4.78, 5) is 0. The first-order chi connectivity index (χ1) is 7.09. The maximum atomic E-state index is 6.16. The molecule has 0 amide bonds. The predicted octanol–water partition coefficient (Wildman–Crippen LogP) is 2.93. The molecule has 0 fully saturated rings. The van der Waals surface area contributed by atoms with Crippen molar-refractivity contribution in [1.82, 2.24) is 10.2 Å². The van der Waals surface area contributed by atoms with Crippen LogP contribution in [0.1, 0.15) is 11.1 Å². The first-order valence-electron chi connectivity index (χ1n) is 4.66. The topological polar surface area (TPSA) is 54.7 Å². The molecule has 1 heterocycles. The largest absolute Gasteiger partial charge is 0.382 e. The molecule has 15 heavy (non-hydrogen) atoms. The van der Waals surface area contributed by atoms with Gasteiger partial charge in [-0.15, -0.1) is 0 Å². The Hall–Kier alpha value is -1.48. The third-order valence-electron chi connectivity index (χ3n) is 2.44. The Morgan fingerprint density at radius 1 is 1.33 bits per heavy atom. The number of H-pyrrole nitrogens is 1. The molecule has 0 radical (unpaired) electrons. The summed E-state index contributed by atoms with van der Waals surface area (Å²) in [5, 5.41) is 7.55. The number of hydrogen-bond donors (Lipinski definition) is 2.